The maximum absolute atomic E-state index is 11.7. The van der Waals surface area contributed by atoms with Crippen molar-refractivity contribution in [2.75, 3.05) is 13.7 Å². The second kappa shape index (κ2) is 9.68. The summed E-state index contributed by atoms with van der Waals surface area (Å²) in [4.78, 5) is 16.1. The van der Waals surface area contributed by atoms with Crippen LogP contribution in [0.25, 0.3) is 11.1 Å². The predicted molar refractivity (Wildman–Crippen MR) is 117 cm³/mol. The fourth-order valence-corrected chi connectivity index (χ4v) is 3.21. The average molecular weight is 397 g/mol. The van der Waals surface area contributed by atoms with Crippen LogP contribution in [0.1, 0.15) is 51.7 Å². The molecule has 0 fully saturated rings. The van der Waals surface area contributed by atoms with Gasteiger partial charge in [-0.15, -0.1) is 0 Å². The lowest BCUT2D eigenvalue weighted by molar-refractivity contribution is -0.152. The summed E-state index contributed by atoms with van der Waals surface area (Å²) in [6.07, 6.45) is 3.87. The van der Waals surface area contributed by atoms with Crippen LogP contribution >= 0.6 is 0 Å². The summed E-state index contributed by atoms with van der Waals surface area (Å²) in [6.45, 7) is 10.1. The first kappa shape index (κ1) is 22.6. The van der Waals surface area contributed by atoms with E-state index in [1.807, 2.05) is 25.1 Å². The van der Waals surface area contributed by atoms with Crippen molar-refractivity contribution in [2.24, 2.45) is 11.3 Å². The van der Waals surface area contributed by atoms with Gasteiger partial charge in [0.05, 0.1) is 12.5 Å². The molecule has 1 unspecified atom stereocenters. The Bertz CT molecular complexity index is 857. The van der Waals surface area contributed by atoms with Gasteiger partial charge in [0.1, 0.15) is 6.61 Å². The van der Waals surface area contributed by atoms with E-state index in [-0.39, 0.29) is 18.5 Å². The van der Waals surface area contributed by atoms with Crippen molar-refractivity contribution in [1.29, 1.82) is 5.41 Å². The highest BCUT2D eigenvalue weighted by molar-refractivity contribution is 6.01. The number of ether oxygens (including phenoxy) is 2. The van der Waals surface area contributed by atoms with Gasteiger partial charge in [0.15, 0.2) is 0 Å². The van der Waals surface area contributed by atoms with Crippen molar-refractivity contribution < 1.29 is 14.3 Å². The number of nitrogens with zero attached hydrogens (tertiary/aromatic N) is 1. The van der Waals surface area contributed by atoms with E-state index in [1.165, 1.54) is 7.11 Å². The SMILES string of the molecule is CCCC(C)C(=N)c1ccc(-c2ccc(OCC(C)(C)C(=O)OC)nc2)cc1C. The van der Waals surface area contributed by atoms with Gasteiger partial charge in [-0.05, 0) is 55.9 Å². The fraction of sp³-hybridized carbons (Fsp3) is 0.458. The van der Waals surface area contributed by atoms with E-state index >= 15 is 0 Å². The quantitative estimate of drug-likeness (QED) is 0.452. The minimum atomic E-state index is -0.735. The Hall–Kier alpha value is -2.69. The summed E-state index contributed by atoms with van der Waals surface area (Å²) < 4.78 is 10.5. The summed E-state index contributed by atoms with van der Waals surface area (Å²) in [5.41, 5.74) is 4.10. The van der Waals surface area contributed by atoms with Crippen molar-refractivity contribution in [2.45, 2.75) is 47.5 Å². The third-order valence-corrected chi connectivity index (χ3v) is 5.12. The highest BCUT2D eigenvalue weighted by Gasteiger charge is 2.29. The smallest absolute Gasteiger partial charge is 0.314 e. The van der Waals surface area contributed by atoms with Crippen molar-refractivity contribution in [1.82, 2.24) is 4.98 Å². The molecule has 0 bridgehead atoms. The summed E-state index contributed by atoms with van der Waals surface area (Å²) in [7, 11) is 1.37. The first-order valence-corrected chi connectivity index (χ1v) is 10.1. The van der Waals surface area contributed by atoms with E-state index in [2.05, 4.69) is 24.9 Å². The second-order valence-electron chi connectivity index (χ2n) is 8.18. The number of nitrogens with one attached hydrogen (secondary N) is 1. The van der Waals surface area contributed by atoms with E-state index in [0.29, 0.717) is 11.6 Å². The molecule has 0 saturated heterocycles. The van der Waals surface area contributed by atoms with Crippen LogP contribution in [0.2, 0.25) is 0 Å². The zero-order valence-electron chi connectivity index (χ0n) is 18.3. The Balaban J connectivity index is 2.11. The molecule has 0 aliphatic heterocycles. The molecule has 0 aliphatic rings. The number of aryl methyl sites for hydroxylation is 1. The van der Waals surface area contributed by atoms with Crippen LogP contribution in [0.4, 0.5) is 0 Å². The lowest BCUT2D eigenvalue weighted by Gasteiger charge is -2.21. The molecule has 156 valence electrons. The molecule has 1 N–H and O–H groups in total. The first-order chi connectivity index (χ1) is 13.7. The van der Waals surface area contributed by atoms with Gasteiger partial charge in [0.2, 0.25) is 5.88 Å². The van der Waals surface area contributed by atoms with Crippen LogP contribution in [0, 0.1) is 23.7 Å². The third-order valence-electron chi connectivity index (χ3n) is 5.12. The minimum absolute atomic E-state index is 0.192. The summed E-state index contributed by atoms with van der Waals surface area (Å²) >= 11 is 0. The van der Waals surface area contributed by atoms with Crippen LogP contribution in [0.5, 0.6) is 5.88 Å². The number of hydrogen-bond donors (Lipinski definition) is 1. The molecule has 0 amide bonds. The van der Waals surface area contributed by atoms with E-state index < -0.39 is 5.41 Å². The van der Waals surface area contributed by atoms with Crippen LogP contribution in [-0.4, -0.2) is 30.4 Å². The standard InChI is InChI=1S/C24H32N2O3/c1-7-8-16(2)22(25)20-11-9-18(13-17(20)3)19-10-12-21(26-14-19)29-15-24(4,5)23(27)28-6/h9-14,16,25H,7-8,15H2,1-6H3. The molecule has 29 heavy (non-hydrogen) atoms. The molecule has 2 rings (SSSR count). The van der Waals surface area contributed by atoms with Gasteiger partial charge in [0.25, 0.3) is 0 Å². The molecular weight excluding hydrogens is 364 g/mol. The van der Waals surface area contributed by atoms with Gasteiger partial charge in [-0.1, -0.05) is 38.5 Å². The largest absolute Gasteiger partial charge is 0.476 e. The highest BCUT2D eigenvalue weighted by atomic mass is 16.5. The number of pyridine rings is 1. The maximum Gasteiger partial charge on any atom is 0.314 e. The Kier molecular flexibility index (Phi) is 7.54. The maximum atomic E-state index is 11.7. The van der Waals surface area contributed by atoms with Crippen LogP contribution in [-0.2, 0) is 9.53 Å². The highest BCUT2D eigenvalue weighted by Crippen LogP contribution is 2.26. The number of aromatic nitrogens is 1. The molecule has 0 aliphatic carbocycles. The molecule has 2 aromatic rings. The number of carbonyl (C=O) groups excluding carboxylic acids is 1. The zero-order valence-corrected chi connectivity index (χ0v) is 18.3. The molecule has 5 nitrogen and oxygen atoms in total. The first-order valence-electron chi connectivity index (χ1n) is 10.1. The second-order valence-corrected chi connectivity index (χ2v) is 8.18. The van der Waals surface area contributed by atoms with Gasteiger partial charge in [0, 0.05) is 23.5 Å². The molecular formula is C24H32N2O3. The number of hydrogen-bond acceptors (Lipinski definition) is 5. The molecule has 1 atom stereocenters. The Morgan fingerprint density at radius 1 is 1.21 bits per heavy atom. The van der Waals surface area contributed by atoms with E-state index in [9.17, 15) is 4.79 Å². The lowest BCUT2D eigenvalue weighted by Crippen LogP contribution is -2.32. The number of benzene rings is 1. The third kappa shape index (κ3) is 5.66. The van der Waals surface area contributed by atoms with E-state index in [4.69, 9.17) is 14.9 Å². The van der Waals surface area contributed by atoms with Crippen molar-refractivity contribution >= 4 is 11.7 Å². The molecule has 5 heteroatoms. The summed E-state index contributed by atoms with van der Waals surface area (Å²) in [5.74, 6) is 0.412. The van der Waals surface area contributed by atoms with E-state index in [0.717, 1.165) is 35.1 Å². The average Bonchev–Trinajstić information content (AvgIpc) is 2.71. The molecule has 1 aromatic carbocycles. The number of methoxy groups -OCH3 is 1. The van der Waals surface area contributed by atoms with Crippen LogP contribution < -0.4 is 4.74 Å². The Labute approximate surface area is 174 Å². The van der Waals surface area contributed by atoms with Crippen molar-refractivity contribution in [3.63, 3.8) is 0 Å². The summed E-state index contributed by atoms with van der Waals surface area (Å²) in [5, 5.41) is 8.46. The molecule has 1 heterocycles. The van der Waals surface area contributed by atoms with Gasteiger partial charge < -0.3 is 14.9 Å². The molecule has 0 spiro atoms. The zero-order chi connectivity index (χ0) is 21.6. The van der Waals surface area contributed by atoms with Crippen molar-refractivity contribution in [3.8, 4) is 17.0 Å². The van der Waals surface area contributed by atoms with Crippen LogP contribution in [0.3, 0.4) is 0 Å². The Morgan fingerprint density at radius 2 is 1.90 bits per heavy atom. The summed E-state index contributed by atoms with van der Waals surface area (Å²) in [6, 6.07) is 9.92. The van der Waals surface area contributed by atoms with E-state index in [1.54, 1.807) is 26.1 Å². The topological polar surface area (TPSA) is 72.3 Å². The number of esters is 1. The monoisotopic (exact) mass is 396 g/mol. The van der Waals surface area contributed by atoms with Gasteiger partial charge in [-0.3, -0.25) is 4.79 Å². The van der Waals surface area contributed by atoms with Gasteiger partial charge >= 0.3 is 5.97 Å². The number of rotatable bonds is 9. The van der Waals surface area contributed by atoms with Gasteiger partial charge in [-0.25, -0.2) is 4.98 Å². The Morgan fingerprint density at radius 3 is 2.45 bits per heavy atom. The minimum Gasteiger partial charge on any atom is -0.476 e. The predicted octanol–water partition coefficient (Wildman–Crippen LogP) is 5.44. The normalized spacial score (nSPS) is 12.3. The van der Waals surface area contributed by atoms with Gasteiger partial charge in [-0.2, -0.15) is 0 Å². The number of carbonyl (C=O) groups is 1. The molecule has 0 saturated carbocycles. The lowest BCUT2D eigenvalue weighted by atomic mass is 9.90. The molecule has 0 radical (unpaired) electrons. The molecule has 1 aromatic heterocycles. The fourth-order valence-electron chi connectivity index (χ4n) is 3.21. The van der Waals surface area contributed by atoms with Crippen molar-refractivity contribution in [3.05, 3.63) is 47.7 Å². The van der Waals surface area contributed by atoms with Crippen LogP contribution in [0.15, 0.2) is 36.5 Å².